The number of benzene rings is 2. The van der Waals surface area contributed by atoms with Gasteiger partial charge in [0.1, 0.15) is 5.75 Å². The monoisotopic (exact) mass is 307 g/mol. The molecule has 1 aromatic heterocycles. The average molecular weight is 307 g/mol. The van der Waals surface area contributed by atoms with Gasteiger partial charge in [-0.3, -0.25) is 4.79 Å². The van der Waals surface area contributed by atoms with Crippen LogP contribution in [0, 0.1) is 6.92 Å². The maximum atomic E-state index is 12.1. The Morgan fingerprint density at radius 2 is 2.04 bits per heavy atom. The standard InChI is InChI=1S/C18H17N3O2/c1-12-16(15-8-3-4-9-17(15)20-12)11-19-21-18(22)13-6-5-7-14(10-13)23-2/h3-11,20H,1-2H3,(H,21,22)/b19-11-. The van der Waals surface area contributed by atoms with Crippen LogP contribution in [0.5, 0.6) is 5.75 Å². The molecule has 0 unspecified atom stereocenters. The number of hydrogen-bond donors (Lipinski definition) is 2. The van der Waals surface area contributed by atoms with E-state index in [-0.39, 0.29) is 5.91 Å². The van der Waals surface area contributed by atoms with E-state index >= 15 is 0 Å². The van der Waals surface area contributed by atoms with Crippen LogP contribution in [-0.4, -0.2) is 24.2 Å². The summed E-state index contributed by atoms with van der Waals surface area (Å²) in [5, 5.41) is 5.14. The largest absolute Gasteiger partial charge is 0.497 e. The number of hydrazone groups is 1. The van der Waals surface area contributed by atoms with Gasteiger partial charge in [-0.15, -0.1) is 0 Å². The highest BCUT2D eigenvalue weighted by Crippen LogP contribution is 2.19. The molecule has 0 bridgehead atoms. The Hall–Kier alpha value is -3.08. The SMILES string of the molecule is COc1cccc(C(=O)N/N=C\c2c(C)[nH]c3ccccc23)c1. The minimum absolute atomic E-state index is 0.280. The molecule has 0 aliphatic rings. The number of nitrogens with one attached hydrogen (secondary N) is 2. The smallest absolute Gasteiger partial charge is 0.271 e. The van der Waals surface area contributed by atoms with Crippen molar-refractivity contribution < 1.29 is 9.53 Å². The molecule has 3 aromatic rings. The molecule has 3 rings (SSSR count). The fourth-order valence-electron chi connectivity index (χ4n) is 2.45. The Morgan fingerprint density at radius 3 is 2.87 bits per heavy atom. The molecule has 5 heteroatoms. The highest BCUT2D eigenvalue weighted by molar-refractivity contribution is 6.01. The fraction of sp³-hybridized carbons (Fsp3) is 0.111. The van der Waals surface area contributed by atoms with E-state index in [0.29, 0.717) is 11.3 Å². The minimum atomic E-state index is -0.280. The van der Waals surface area contributed by atoms with E-state index < -0.39 is 0 Å². The van der Waals surface area contributed by atoms with Gasteiger partial charge in [0.25, 0.3) is 5.91 Å². The molecule has 23 heavy (non-hydrogen) atoms. The van der Waals surface area contributed by atoms with Gasteiger partial charge in [-0.2, -0.15) is 5.10 Å². The molecule has 2 N–H and O–H groups in total. The van der Waals surface area contributed by atoms with Crippen molar-refractivity contribution >= 4 is 23.0 Å². The number of amides is 1. The second-order valence-electron chi connectivity index (χ2n) is 5.14. The average Bonchev–Trinajstić information content (AvgIpc) is 2.90. The van der Waals surface area contributed by atoms with E-state index in [1.165, 1.54) is 0 Å². The van der Waals surface area contributed by atoms with Gasteiger partial charge in [0.05, 0.1) is 13.3 Å². The van der Waals surface area contributed by atoms with E-state index in [4.69, 9.17) is 4.74 Å². The highest BCUT2D eigenvalue weighted by Gasteiger charge is 2.07. The number of methoxy groups -OCH3 is 1. The first-order valence-electron chi connectivity index (χ1n) is 7.24. The predicted molar refractivity (Wildman–Crippen MR) is 91.1 cm³/mol. The van der Waals surface area contributed by atoms with Crippen molar-refractivity contribution in [3.05, 3.63) is 65.4 Å². The van der Waals surface area contributed by atoms with Gasteiger partial charge < -0.3 is 9.72 Å². The molecule has 0 atom stereocenters. The van der Waals surface area contributed by atoms with Gasteiger partial charge in [0, 0.05) is 27.7 Å². The van der Waals surface area contributed by atoms with Crippen LogP contribution in [-0.2, 0) is 0 Å². The van der Waals surface area contributed by atoms with E-state index in [1.54, 1.807) is 37.6 Å². The van der Waals surface area contributed by atoms with Crippen molar-refractivity contribution in [3.8, 4) is 5.75 Å². The highest BCUT2D eigenvalue weighted by atomic mass is 16.5. The zero-order chi connectivity index (χ0) is 16.2. The number of fused-ring (bicyclic) bond motifs is 1. The van der Waals surface area contributed by atoms with Crippen LogP contribution in [0.4, 0.5) is 0 Å². The van der Waals surface area contributed by atoms with Crippen LogP contribution in [0.25, 0.3) is 10.9 Å². The molecule has 0 spiro atoms. The Balaban J connectivity index is 1.77. The summed E-state index contributed by atoms with van der Waals surface area (Å²) in [6.45, 7) is 1.98. The molecule has 2 aromatic carbocycles. The molecule has 5 nitrogen and oxygen atoms in total. The number of carbonyl (C=O) groups excluding carboxylic acids is 1. The van der Waals surface area contributed by atoms with Gasteiger partial charge in [0.2, 0.25) is 0 Å². The van der Waals surface area contributed by atoms with Crippen molar-refractivity contribution in [2.45, 2.75) is 6.92 Å². The second-order valence-corrected chi connectivity index (χ2v) is 5.14. The summed E-state index contributed by atoms with van der Waals surface area (Å²) in [6, 6.07) is 14.9. The lowest BCUT2D eigenvalue weighted by Crippen LogP contribution is -2.17. The summed E-state index contributed by atoms with van der Waals surface area (Å²) in [5.74, 6) is 0.353. The minimum Gasteiger partial charge on any atom is -0.497 e. The number of ether oxygens (including phenoxy) is 1. The number of H-pyrrole nitrogens is 1. The van der Waals surface area contributed by atoms with Crippen molar-refractivity contribution in [2.24, 2.45) is 5.10 Å². The fourth-order valence-corrected chi connectivity index (χ4v) is 2.45. The van der Waals surface area contributed by atoms with Crippen molar-refractivity contribution in [2.75, 3.05) is 7.11 Å². The number of nitrogens with zero attached hydrogens (tertiary/aromatic N) is 1. The molecular weight excluding hydrogens is 290 g/mol. The molecule has 0 aliphatic heterocycles. The number of rotatable bonds is 4. The van der Waals surface area contributed by atoms with Crippen molar-refractivity contribution in [3.63, 3.8) is 0 Å². The van der Waals surface area contributed by atoms with Crippen LogP contribution in [0.2, 0.25) is 0 Å². The number of aromatic amines is 1. The zero-order valence-corrected chi connectivity index (χ0v) is 13.0. The second kappa shape index (κ2) is 6.36. The molecular formula is C18H17N3O2. The lowest BCUT2D eigenvalue weighted by atomic mass is 10.1. The summed E-state index contributed by atoms with van der Waals surface area (Å²) in [7, 11) is 1.56. The summed E-state index contributed by atoms with van der Waals surface area (Å²) in [4.78, 5) is 15.4. The first-order chi connectivity index (χ1) is 11.2. The molecule has 1 heterocycles. The lowest BCUT2D eigenvalue weighted by molar-refractivity contribution is 0.0955. The topological polar surface area (TPSA) is 66.5 Å². The van der Waals surface area contributed by atoms with Gasteiger partial charge in [-0.1, -0.05) is 24.3 Å². The third kappa shape index (κ3) is 3.08. The Kier molecular flexibility index (Phi) is 4.10. The maximum Gasteiger partial charge on any atom is 0.271 e. The van der Waals surface area contributed by atoms with Gasteiger partial charge >= 0.3 is 0 Å². The molecule has 0 aliphatic carbocycles. The third-order valence-electron chi connectivity index (χ3n) is 3.64. The molecule has 0 fully saturated rings. The molecule has 0 radical (unpaired) electrons. The van der Waals surface area contributed by atoms with Crippen LogP contribution in [0.1, 0.15) is 21.6 Å². The normalized spacial score (nSPS) is 11.0. The van der Waals surface area contributed by atoms with Gasteiger partial charge in [0.15, 0.2) is 0 Å². The van der Waals surface area contributed by atoms with Gasteiger partial charge in [-0.25, -0.2) is 5.43 Å². The Morgan fingerprint density at radius 1 is 1.22 bits per heavy atom. The zero-order valence-electron chi connectivity index (χ0n) is 13.0. The number of aryl methyl sites for hydroxylation is 1. The van der Waals surface area contributed by atoms with Crippen LogP contribution in [0.15, 0.2) is 53.6 Å². The summed E-state index contributed by atoms with van der Waals surface area (Å²) < 4.78 is 5.11. The van der Waals surface area contributed by atoms with E-state index in [0.717, 1.165) is 22.2 Å². The predicted octanol–water partition coefficient (Wildman–Crippen LogP) is 3.25. The summed E-state index contributed by atoms with van der Waals surface area (Å²) >= 11 is 0. The van der Waals surface area contributed by atoms with E-state index in [1.807, 2.05) is 31.2 Å². The Bertz CT molecular complexity index is 881. The Labute approximate surface area is 134 Å². The first-order valence-corrected chi connectivity index (χ1v) is 7.24. The number of hydrogen-bond acceptors (Lipinski definition) is 3. The third-order valence-corrected chi connectivity index (χ3v) is 3.64. The van der Waals surface area contributed by atoms with Crippen LogP contribution < -0.4 is 10.2 Å². The van der Waals surface area contributed by atoms with E-state index in [9.17, 15) is 4.79 Å². The van der Waals surface area contributed by atoms with Crippen LogP contribution >= 0.6 is 0 Å². The molecule has 0 saturated carbocycles. The first kappa shape index (κ1) is 14.8. The maximum absolute atomic E-state index is 12.1. The molecule has 116 valence electrons. The number of para-hydroxylation sites is 1. The van der Waals surface area contributed by atoms with Crippen molar-refractivity contribution in [1.29, 1.82) is 0 Å². The summed E-state index contributed by atoms with van der Waals surface area (Å²) in [6.07, 6.45) is 1.66. The number of aromatic nitrogens is 1. The van der Waals surface area contributed by atoms with E-state index in [2.05, 4.69) is 15.5 Å². The molecule has 1 amide bonds. The van der Waals surface area contributed by atoms with Crippen molar-refractivity contribution in [1.82, 2.24) is 10.4 Å². The number of carbonyl (C=O) groups is 1. The summed E-state index contributed by atoms with van der Waals surface area (Å²) in [5.41, 5.74) is 6.06. The molecule has 0 saturated heterocycles. The lowest BCUT2D eigenvalue weighted by Gasteiger charge is -2.03. The quantitative estimate of drug-likeness (QED) is 0.574. The van der Waals surface area contributed by atoms with Gasteiger partial charge in [-0.05, 0) is 31.2 Å². The van der Waals surface area contributed by atoms with Crippen LogP contribution in [0.3, 0.4) is 0 Å².